The van der Waals surface area contributed by atoms with Crippen LogP contribution in [-0.2, 0) is 11.2 Å². The first kappa shape index (κ1) is 16.1. The quantitative estimate of drug-likeness (QED) is 0.794. The lowest BCUT2D eigenvalue weighted by Gasteiger charge is -2.16. The predicted molar refractivity (Wildman–Crippen MR) is 75.8 cm³/mol. The Hall–Kier alpha value is -1.91. The fourth-order valence-electron chi connectivity index (χ4n) is 2.20. The van der Waals surface area contributed by atoms with Crippen molar-refractivity contribution in [3.8, 4) is 17.2 Å². The molecule has 0 saturated heterocycles. The van der Waals surface area contributed by atoms with Gasteiger partial charge in [0, 0.05) is 0 Å². The smallest absolute Gasteiger partial charge is 0.306 e. The van der Waals surface area contributed by atoms with E-state index < -0.39 is 11.9 Å². The molecule has 5 nitrogen and oxygen atoms in total. The molecule has 0 aliphatic carbocycles. The molecular formula is C15H22O5. The molecule has 0 spiro atoms. The van der Waals surface area contributed by atoms with Crippen LogP contribution in [0.1, 0.15) is 25.3 Å². The third-order valence-electron chi connectivity index (χ3n) is 3.19. The SMILES string of the molecule is CCCC(Cc1cc(OC)c(OC)c(OC)c1)C(=O)O. The minimum Gasteiger partial charge on any atom is -0.493 e. The van der Waals surface area contributed by atoms with E-state index in [1.165, 1.54) is 7.11 Å². The topological polar surface area (TPSA) is 65.0 Å². The number of benzene rings is 1. The van der Waals surface area contributed by atoms with Crippen LogP contribution >= 0.6 is 0 Å². The fraction of sp³-hybridized carbons (Fsp3) is 0.533. The van der Waals surface area contributed by atoms with Crippen LogP contribution in [0, 0.1) is 5.92 Å². The van der Waals surface area contributed by atoms with Gasteiger partial charge in [-0.15, -0.1) is 0 Å². The van der Waals surface area contributed by atoms with Crippen molar-refractivity contribution in [3.63, 3.8) is 0 Å². The molecule has 1 aromatic carbocycles. The zero-order chi connectivity index (χ0) is 15.1. The second kappa shape index (κ2) is 7.62. The number of carboxylic acid groups (broad SMARTS) is 1. The van der Waals surface area contributed by atoms with Gasteiger partial charge in [0.25, 0.3) is 0 Å². The highest BCUT2D eigenvalue weighted by molar-refractivity contribution is 5.70. The van der Waals surface area contributed by atoms with E-state index in [1.54, 1.807) is 26.4 Å². The monoisotopic (exact) mass is 282 g/mol. The van der Waals surface area contributed by atoms with Crippen molar-refractivity contribution in [1.29, 1.82) is 0 Å². The molecule has 0 amide bonds. The maximum atomic E-state index is 11.2. The average Bonchev–Trinajstić information content (AvgIpc) is 2.45. The summed E-state index contributed by atoms with van der Waals surface area (Å²) in [6, 6.07) is 3.60. The number of methoxy groups -OCH3 is 3. The summed E-state index contributed by atoms with van der Waals surface area (Å²) in [5.41, 5.74) is 0.861. The Morgan fingerprint density at radius 3 is 2.05 bits per heavy atom. The zero-order valence-electron chi connectivity index (χ0n) is 12.4. The second-order valence-corrected chi connectivity index (χ2v) is 4.56. The largest absolute Gasteiger partial charge is 0.493 e. The Kier molecular flexibility index (Phi) is 6.15. The molecule has 0 fully saturated rings. The Morgan fingerprint density at radius 2 is 1.70 bits per heavy atom. The summed E-state index contributed by atoms with van der Waals surface area (Å²) in [5, 5.41) is 9.23. The number of aliphatic carboxylic acids is 1. The van der Waals surface area contributed by atoms with E-state index in [1.807, 2.05) is 6.92 Å². The van der Waals surface area contributed by atoms with Crippen LogP contribution in [0.25, 0.3) is 0 Å². The van der Waals surface area contributed by atoms with Gasteiger partial charge in [0.2, 0.25) is 5.75 Å². The minimum absolute atomic E-state index is 0.400. The number of hydrogen-bond acceptors (Lipinski definition) is 4. The highest BCUT2D eigenvalue weighted by Gasteiger charge is 2.20. The number of carboxylic acids is 1. The molecule has 0 radical (unpaired) electrons. The normalized spacial score (nSPS) is 11.8. The molecule has 0 bridgehead atoms. The Morgan fingerprint density at radius 1 is 1.15 bits per heavy atom. The van der Waals surface area contributed by atoms with Crippen molar-refractivity contribution in [2.45, 2.75) is 26.2 Å². The first-order valence-electron chi connectivity index (χ1n) is 6.59. The van der Waals surface area contributed by atoms with Gasteiger partial charge < -0.3 is 19.3 Å². The van der Waals surface area contributed by atoms with Crippen LogP contribution in [-0.4, -0.2) is 32.4 Å². The van der Waals surface area contributed by atoms with Crippen molar-refractivity contribution >= 4 is 5.97 Å². The Balaban J connectivity index is 3.09. The third-order valence-corrected chi connectivity index (χ3v) is 3.19. The highest BCUT2D eigenvalue weighted by atomic mass is 16.5. The molecule has 0 aromatic heterocycles. The second-order valence-electron chi connectivity index (χ2n) is 4.56. The van der Waals surface area contributed by atoms with E-state index in [0.29, 0.717) is 30.1 Å². The molecule has 1 N–H and O–H groups in total. The molecule has 0 saturated carbocycles. The number of carbonyl (C=O) groups is 1. The number of hydrogen-bond donors (Lipinski definition) is 1. The summed E-state index contributed by atoms with van der Waals surface area (Å²) in [4.78, 5) is 11.2. The number of ether oxygens (including phenoxy) is 3. The predicted octanol–water partition coefficient (Wildman–Crippen LogP) is 2.76. The van der Waals surface area contributed by atoms with Gasteiger partial charge in [0.1, 0.15) is 0 Å². The average molecular weight is 282 g/mol. The Labute approximate surface area is 119 Å². The summed E-state index contributed by atoms with van der Waals surface area (Å²) in [6.07, 6.45) is 1.92. The molecule has 1 rings (SSSR count). The lowest BCUT2D eigenvalue weighted by Crippen LogP contribution is -2.16. The van der Waals surface area contributed by atoms with Crippen molar-refractivity contribution in [2.75, 3.05) is 21.3 Å². The van der Waals surface area contributed by atoms with E-state index >= 15 is 0 Å². The van der Waals surface area contributed by atoms with E-state index in [0.717, 1.165) is 12.0 Å². The summed E-state index contributed by atoms with van der Waals surface area (Å²) in [7, 11) is 4.63. The van der Waals surface area contributed by atoms with Gasteiger partial charge in [0.15, 0.2) is 11.5 Å². The van der Waals surface area contributed by atoms with Crippen molar-refractivity contribution < 1.29 is 24.1 Å². The minimum atomic E-state index is -0.777. The van der Waals surface area contributed by atoms with Crippen LogP contribution < -0.4 is 14.2 Å². The Bertz CT molecular complexity index is 431. The standard InChI is InChI=1S/C15H22O5/c1-5-6-11(15(16)17)7-10-8-12(18-2)14(20-4)13(9-10)19-3/h8-9,11H,5-7H2,1-4H3,(H,16,17). The van der Waals surface area contributed by atoms with Gasteiger partial charge in [-0.3, -0.25) is 4.79 Å². The number of rotatable bonds is 8. The molecule has 5 heteroatoms. The molecule has 1 unspecified atom stereocenters. The summed E-state index contributed by atoms with van der Waals surface area (Å²) in [5.74, 6) is 0.425. The lowest BCUT2D eigenvalue weighted by atomic mass is 9.95. The van der Waals surface area contributed by atoms with Gasteiger partial charge in [-0.25, -0.2) is 0 Å². The van der Waals surface area contributed by atoms with Crippen LogP contribution in [0.4, 0.5) is 0 Å². The molecule has 0 aliphatic heterocycles. The van der Waals surface area contributed by atoms with Crippen LogP contribution in [0.2, 0.25) is 0 Å². The first-order valence-corrected chi connectivity index (χ1v) is 6.59. The highest BCUT2D eigenvalue weighted by Crippen LogP contribution is 2.38. The van der Waals surface area contributed by atoms with Gasteiger partial charge in [-0.1, -0.05) is 13.3 Å². The van der Waals surface area contributed by atoms with Gasteiger partial charge in [-0.05, 0) is 30.5 Å². The molecule has 112 valence electrons. The summed E-state index contributed by atoms with van der Waals surface area (Å²) < 4.78 is 15.8. The zero-order valence-corrected chi connectivity index (χ0v) is 12.4. The van der Waals surface area contributed by atoms with Gasteiger partial charge in [0.05, 0.1) is 27.2 Å². The summed E-state index contributed by atoms with van der Waals surface area (Å²) >= 11 is 0. The van der Waals surface area contributed by atoms with E-state index in [4.69, 9.17) is 14.2 Å². The first-order chi connectivity index (χ1) is 9.57. The van der Waals surface area contributed by atoms with E-state index in [-0.39, 0.29) is 0 Å². The molecule has 1 aromatic rings. The molecule has 0 aliphatic rings. The third kappa shape index (κ3) is 3.79. The molecule has 20 heavy (non-hydrogen) atoms. The van der Waals surface area contributed by atoms with Crippen molar-refractivity contribution in [2.24, 2.45) is 5.92 Å². The fourth-order valence-corrected chi connectivity index (χ4v) is 2.20. The maximum absolute atomic E-state index is 11.2. The maximum Gasteiger partial charge on any atom is 0.306 e. The van der Waals surface area contributed by atoms with E-state index in [2.05, 4.69) is 0 Å². The van der Waals surface area contributed by atoms with Crippen LogP contribution in [0.15, 0.2) is 12.1 Å². The van der Waals surface area contributed by atoms with Gasteiger partial charge in [-0.2, -0.15) is 0 Å². The lowest BCUT2D eigenvalue weighted by molar-refractivity contribution is -0.141. The van der Waals surface area contributed by atoms with Crippen molar-refractivity contribution in [1.82, 2.24) is 0 Å². The molecule has 1 atom stereocenters. The van der Waals surface area contributed by atoms with Crippen LogP contribution in [0.3, 0.4) is 0 Å². The van der Waals surface area contributed by atoms with E-state index in [9.17, 15) is 9.90 Å². The summed E-state index contributed by atoms with van der Waals surface area (Å²) in [6.45, 7) is 1.98. The van der Waals surface area contributed by atoms with Gasteiger partial charge >= 0.3 is 5.97 Å². The molecular weight excluding hydrogens is 260 g/mol. The molecule has 0 heterocycles. The van der Waals surface area contributed by atoms with Crippen molar-refractivity contribution in [3.05, 3.63) is 17.7 Å². The van der Waals surface area contributed by atoms with Crippen LogP contribution in [0.5, 0.6) is 17.2 Å².